The van der Waals surface area contributed by atoms with Crippen LogP contribution in [0.2, 0.25) is 0 Å². The van der Waals surface area contributed by atoms with Gasteiger partial charge in [0.25, 0.3) is 5.91 Å². The molecule has 3 aromatic rings. The van der Waals surface area contributed by atoms with Gasteiger partial charge in [0.1, 0.15) is 6.61 Å². The number of benzene rings is 2. The number of rotatable bonds is 7. The quantitative estimate of drug-likeness (QED) is 0.636. The number of carbonyl (C=O) groups excluding carboxylic acids is 2. The van der Waals surface area contributed by atoms with Crippen LogP contribution in [-0.2, 0) is 16.1 Å². The molecule has 0 aliphatic carbocycles. The molecule has 2 aromatic carbocycles. The van der Waals surface area contributed by atoms with Crippen LogP contribution in [0, 0.1) is 0 Å². The van der Waals surface area contributed by atoms with Crippen LogP contribution in [0.4, 0.5) is 0 Å². The summed E-state index contributed by atoms with van der Waals surface area (Å²) in [6, 6.07) is 21.6. The number of esters is 1. The summed E-state index contributed by atoms with van der Waals surface area (Å²) in [6.07, 6.45) is 0.152. The van der Waals surface area contributed by atoms with Gasteiger partial charge in [0.15, 0.2) is 0 Å². The Morgan fingerprint density at radius 3 is 2.31 bits per heavy atom. The fourth-order valence-corrected chi connectivity index (χ4v) is 3.07. The number of amides is 1. The Bertz CT molecular complexity index is 843. The summed E-state index contributed by atoms with van der Waals surface area (Å²) >= 11 is 1.37. The topological polar surface area (TPSA) is 55.4 Å². The van der Waals surface area contributed by atoms with E-state index in [2.05, 4.69) is 17.4 Å². The first-order chi connectivity index (χ1) is 12.7. The highest BCUT2D eigenvalue weighted by atomic mass is 32.1. The highest BCUT2D eigenvalue weighted by Crippen LogP contribution is 2.19. The molecule has 0 aliphatic heterocycles. The van der Waals surface area contributed by atoms with Crippen LogP contribution < -0.4 is 5.32 Å². The molecular weight excluding hydrogens is 346 g/mol. The van der Waals surface area contributed by atoms with E-state index in [-0.39, 0.29) is 31.4 Å². The maximum atomic E-state index is 11.8. The van der Waals surface area contributed by atoms with Gasteiger partial charge in [-0.3, -0.25) is 9.59 Å². The van der Waals surface area contributed by atoms with Crippen molar-refractivity contribution in [3.05, 3.63) is 82.6 Å². The van der Waals surface area contributed by atoms with Gasteiger partial charge in [0.05, 0.1) is 11.3 Å². The van der Waals surface area contributed by atoms with Gasteiger partial charge >= 0.3 is 5.97 Å². The van der Waals surface area contributed by atoms with Crippen LogP contribution in [0.3, 0.4) is 0 Å². The molecule has 0 saturated heterocycles. The lowest BCUT2D eigenvalue weighted by Crippen LogP contribution is -2.25. The molecule has 132 valence electrons. The van der Waals surface area contributed by atoms with Crippen molar-refractivity contribution in [3.8, 4) is 11.1 Å². The van der Waals surface area contributed by atoms with Crippen LogP contribution in [0.25, 0.3) is 11.1 Å². The van der Waals surface area contributed by atoms with Gasteiger partial charge < -0.3 is 10.1 Å². The van der Waals surface area contributed by atoms with Gasteiger partial charge in [0, 0.05) is 6.54 Å². The van der Waals surface area contributed by atoms with Crippen LogP contribution >= 0.6 is 11.3 Å². The van der Waals surface area contributed by atoms with E-state index < -0.39 is 0 Å². The van der Waals surface area contributed by atoms with Crippen molar-refractivity contribution in [2.24, 2.45) is 0 Å². The first kappa shape index (κ1) is 17.9. The lowest BCUT2D eigenvalue weighted by Gasteiger charge is -2.07. The Morgan fingerprint density at radius 2 is 1.62 bits per heavy atom. The lowest BCUT2D eigenvalue weighted by molar-refractivity contribution is -0.144. The molecule has 0 fully saturated rings. The maximum absolute atomic E-state index is 11.8. The number of thiophene rings is 1. The van der Waals surface area contributed by atoms with Crippen LogP contribution in [-0.4, -0.2) is 18.4 Å². The molecule has 0 radical (unpaired) electrons. The second kappa shape index (κ2) is 8.97. The average Bonchev–Trinajstić information content (AvgIpc) is 3.22. The minimum absolute atomic E-state index is 0.152. The predicted octanol–water partition coefficient (Wildman–Crippen LogP) is 4.28. The lowest BCUT2D eigenvalue weighted by atomic mass is 10.0. The summed E-state index contributed by atoms with van der Waals surface area (Å²) in [6.45, 7) is 0.495. The fourth-order valence-electron chi connectivity index (χ4n) is 2.43. The number of carbonyl (C=O) groups is 2. The van der Waals surface area contributed by atoms with E-state index >= 15 is 0 Å². The van der Waals surface area contributed by atoms with Crippen molar-refractivity contribution in [3.63, 3.8) is 0 Å². The largest absolute Gasteiger partial charge is 0.461 e. The Morgan fingerprint density at radius 1 is 0.885 bits per heavy atom. The molecule has 0 aliphatic rings. The van der Waals surface area contributed by atoms with Gasteiger partial charge in [-0.1, -0.05) is 60.7 Å². The molecular formula is C21H19NO3S. The van der Waals surface area contributed by atoms with Crippen molar-refractivity contribution < 1.29 is 14.3 Å². The zero-order valence-electron chi connectivity index (χ0n) is 14.2. The molecule has 1 N–H and O–H groups in total. The predicted molar refractivity (Wildman–Crippen MR) is 103 cm³/mol. The van der Waals surface area contributed by atoms with Gasteiger partial charge in [-0.05, 0) is 28.1 Å². The average molecular weight is 365 g/mol. The zero-order chi connectivity index (χ0) is 18.2. The van der Waals surface area contributed by atoms with E-state index in [1.54, 1.807) is 6.07 Å². The number of hydrogen-bond acceptors (Lipinski definition) is 4. The van der Waals surface area contributed by atoms with E-state index in [0.29, 0.717) is 4.88 Å². The second-order valence-corrected chi connectivity index (χ2v) is 6.65. The zero-order valence-corrected chi connectivity index (χ0v) is 15.0. The summed E-state index contributed by atoms with van der Waals surface area (Å²) in [5.41, 5.74) is 3.20. The van der Waals surface area contributed by atoms with Crippen LogP contribution in [0.5, 0.6) is 0 Å². The molecule has 4 nitrogen and oxygen atoms in total. The molecule has 0 saturated carbocycles. The van der Waals surface area contributed by atoms with Gasteiger partial charge in [0.2, 0.25) is 0 Å². The standard InChI is InChI=1S/C21H19NO3S/c23-20(12-13-22-21(24)19-7-4-14-26-19)25-15-16-8-10-18(11-9-16)17-5-2-1-3-6-17/h1-11,14H,12-13,15H2,(H,22,24). The molecule has 0 spiro atoms. The molecule has 5 heteroatoms. The number of nitrogens with one attached hydrogen (secondary N) is 1. The van der Waals surface area contributed by atoms with Crippen molar-refractivity contribution in [2.45, 2.75) is 13.0 Å². The maximum Gasteiger partial charge on any atom is 0.307 e. The third-order valence-corrected chi connectivity index (χ3v) is 4.69. The van der Waals surface area contributed by atoms with E-state index in [0.717, 1.165) is 16.7 Å². The second-order valence-electron chi connectivity index (χ2n) is 5.71. The Labute approximate surface area is 156 Å². The smallest absolute Gasteiger partial charge is 0.307 e. The molecule has 1 amide bonds. The SMILES string of the molecule is O=C(CCNC(=O)c1cccs1)OCc1ccc(-c2ccccc2)cc1. The Kier molecular flexibility index (Phi) is 6.17. The van der Waals surface area contributed by atoms with E-state index in [1.807, 2.05) is 53.9 Å². The van der Waals surface area contributed by atoms with E-state index in [1.165, 1.54) is 11.3 Å². The van der Waals surface area contributed by atoms with Crippen molar-refractivity contribution in [2.75, 3.05) is 6.54 Å². The van der Waals surface area contributed by atoms with Gasteiger partial charge in [-0.25, -0.2) is 0 Å². The Hall–Kier alpha value is -2.92. The van der Waals surface area contributed by atoms with Crippen molar-refractivity contribution >= 4 is 23.2 Å². The molecule has 0 atom stereocenters. The first-order valence-corrected chi connectivity index (χ1v) is 9.22. The van der Waals surface area contributed by atoms with Crippen LogP contribution in [0.15, 0.2) is 72.1 Å². The molecule has 26 heavy (non-hydrogen) atoms. The van der Waals surface area contributed by atoms with Crippen molar-refractivity contribution in [1.29, 1.82) is 0 Å². The molecule has 0 unspecified atom stereocenters. The number of hydrogen-bond donors (Lipinski definition) is 1. The van der Waals surface area contributed by atoms with Crippen LogP contribution in [0.1, 0.15) is 21.7 Å². The molecule has 1 aromatic heterocycles. The van der Waals surface area contributed by atoms with Crippen molar-refractivity contribution in [1.82, 2.24) is 5.32 Å². The summed E-state index contributed by atoms with van der Waals surface area (Å²) in [7, 11) is 0. The summed E-state index contributed by atoms with van der Waals surface area (Å²) < 4.78 is 5.26. The third-order valence-electron chi connectivity index (χ3n) is 3.82. The minimum Gasteiger partial charge on any atom is -0.461 e. The summed E-state index contributed by atoms with van der Waals surface area (Å²) in [5.74, 6) is -0.493. The first-order valence-electron chi connectivity index (χ1n) is 8.34. The van der Waals surface area contributed by atoms with Gasteiger partial charge in [-0.15, -0.1) is 11.3 Å². The molecule has 0 bridgehead atoms. The van der Waals surface area contributed by atoms with E-state index in [4.69, 9.17) is 4.74 Å². The van der Waals surface area contributed by atoms with Gasteiger partial charge in [-0.2, -0.15) is 0 Å². The summed E-state index contributed by atoms with van der Waals surface area (Å²) in [5, 5.41) is 4.55. The summed E-state index contributed by atoms with van der Waals surface area (Å²) in [4.78, 5) is 24.2. The highest BCUT2D eigenvalue weighted by Gasteiger charge is 2.08. The molecule has 1 heterocycles. The van der Waals surface area contributed by atoms with E-state index in [9.17, 15) is 9.59 Å². The monoisotopic (exact) mass is 365 g/mol. The Balaban J connectivity index is 1.41. The third kappa shape index (κ3) is 5.04. The highest BCUT2D eigenvalue weighted by molar-refractivity contribution is 7.12. The number of ether oxygens (including phenoxy) is 1. The fraction of sp³-hybridized carbons (Fsp3) is 0.143. The normalized spacial score (nSPS) is 10.3. The minimum atomic E-state index is -0.330. The molecule has 3 rings (SSSR count).